The number of halogens is 1. The maximum absolute atomic E-state index is 13.8. The number of amides is 1. The van der Waals surface area contributed by atoms with E-state index in [4.69, 9.17) is 5.11 Å². The van der Waals surface area contributed by atoms with Crippen LogP contribution in [-0.2, 0) is 5.41 Å². The van der Waals surface area contributed by atoms with Crippen molar-refractivity contribution in [3.05, 3.63) is 35.6 Å². The summed E-state index contributed by atoms with van der Waals surface area (Å²) < 4.78 is 13.8. The Kier molecular flexibility index (Phi) is 3.19. The van der Waals surface area contributed by atoms with E-state index in [0.29, 0.717) is 18.4 Å². The number of carboxylic acid groups (broad SMARTS) is 1. The minimum absolute atomic E-state index is 0.261. The third kappa shape index (κ3) is 2.02. The molecule has 1 amide bonds. The maximum Gasteiger partial charge on any atom is 0.407 e. The van der Waals surface area contributed by atoms with Crippen LogP contribution in [0, 0.1) is 17.1 Å². The molecule has 0 aromatic heterocycles. The average molecular weight is 248 g/mol. The molecule has 1 aromatic rings. The first kappa shape index (κ1) is 12.4. The van der Waals surface area contributed by atoms with Crippen LogP contribution in [0.3, 0.4) is 0 Å². The summed E-state index contributed by atoms with van der Waals surface area (Å²) >= 11 is 0. The van der Waals surface area contributed by atoms with Crippen molar-refractivity contribution < 1.29 is 14.3 Å². The summed E-state index contributed by atoms with van der Waals surface area (Å²) in [5, 5.41) is 18.2. The Hall–Kier alpha value is -2.09. The highest BCUT2D eigenvalue weighted by Gasteiger charge is 2.39. The zero-order valence-electron chi connectivity index (χ0n) is 9.77. The second-order valence-electron chi connectivity index (χ2n) is 4.44. The van der Waals surface area contributed by atoms with Crippen LogP contribution in [0.15, 0.2) is 24.3 Å². The Balaban J connectivity index is 2.28. The standard InChI is InChI=1S/C13H13FN2O2/c14-11-4-2-1-3-10(11)13(9-15)5-7-16(8-6-13)12(17)18/h1-4H,5-8H2,(H,17,18). The first-order chi connectivity index (χ1) is 8.59. The largest absolute Gasteiger partial charge is 0.465 e. The lowest BCUT2D eigenvalue weighted by Crippen LogP contribution is -2.44. The predicted octanol–water partition coefficient (Wildman–Crippen LogP) is 2.36. The number of nitriles is 1. The van der Waals surface area contributed by atoms with Crippen LogP contribution in [0.25, 0.3) is 0 Å². The SMILES string of the molecule is N#CC1(c2ccccc2F)CCN(C(=O)O)CC1. The van der Waals surface area contributed by atoms with Crippen LogP contribution in [-0.4, -0.2) is 29.2 Å². The predicted molar refractivity (Wildman–Crippen MR) is 62.5 cm³/mol. The highest BCUT2D eigenvalue weighted by Crippen LogP contribution is 2.36. The molecule has 1 saturated heterocycles. The minimum atomic E-state index is -0.991. The highest BCUT2D eigenvalue weighted by molar-refractivity contribution is 5.65. The van der Waals surface area contributed by atoms with Gasteiger partial charge in [-0.1, -0.05) is 18.2 Å². The molecule has 0 saturated carbocycles. The molecule has 2 rings (SSSR count). The Labute approximate surface area is 104 Å². The molecule has 1 fully saturated rings. The number of benzene rings is 1. The van der Waals surface area contributed by atoms with Crippen LogP contribution in [0.4, 0.5) is 9.18 Å². The summed E-state index contributed by atoms with van der Waals surface area (Å²) in [4.78, 5) is 12.1. The number of piperidine rings is 1. The third-order valence-corrected chi connectivity index (χ3v) is 3.49. The molecular weight excluding hydrogens is 235 g/mol. The van der Waals surface area contributed by atoms with Gasteiger partial charge in [0, 0.05) is 18.7 Å². The van der Waals surface area contributed by atoms with E-state index in [1.165, 1.54) is 11.0 Å². The number of hydrogen-bond acceptors (Lipinski definition) is 2. The molecule has 0 unspecified atom stereocenters. The molecule has 1 N–H and O–H groups in total. The lowest BCUT2D eigenvalue weighted by molar-refractivity contribution is 0.124. The van der Waals surface area contributed by atoms with E-state index < -0.39 is 17.3 Å². The lowest BCUT2D eigenvalue weighted by Gasteiger charge is -2.36. The Morgan fingerprint density at radius 3 is 2.50 bits per heavy atom. The molecule has 1 heterocycles. The van der Waals surface area contributed by atoms with Crippen molar-refractivity contribution >= 4 is 6.09 Å². The molecule has 1 aliphatic rings. The van der Waals surface area contributed by atoms with Crippen molar-refractivity contribution in [3.63, 3.8) is 0 Å². The first-order valence-corrected chi connectivity index (χ1v) is 5.73. The van der Waals surface area contributed by atoms with Crippen molar-refractivity contribution in [2.24, 2.45) is 0 Å². The molecule has 4 nitrogen and oxygen atoms in total. The number of hydrogen-bond donors (Lipinski definition) is 1. The molecule has 94 valence electrons. The highest BCUT2D eigenvalue weighted by atomic mass is 19.1. The number of carbonyl (C=O) groups is 1. The van der Waals surface area contributed by atoms with E-state index in [1.807, 2.05) is 0 Å². The van der Waals surface area contributed by atoms with Crippen molar-refractivity contribution in [2.75, 3.05) is 13.1 Å². The third-order valence-electron chi connectivity index (χ3n) is 3.49. The Morgan fingerprint density at radius 1 is 1.39 bits per heavy atom. The van der Waals surface area contributed by atoms with E-state index in [1.54, 1.807) is 18.2 Å². The summed E-state index contributed by atoms with van der Waals surface area (Å²) in [6.45, 7) is 0.522. The van der Waals surface area contributed by atoms with Crippen LogP contribution in [0.1, 0.15) is 18.4 Å². The number of rotatable bonds is 1. The molecule has 0 radical (unpaired) electrons. The summed E-state index contributed by atoms with van der Waals surface area (Å²) in [6, 6.07) is 8.39. The van der Waals surface area contributed by atoms with Crippen LogP contribution in [0.5, 0.6) is 0 Å². The zero-order chi connectivity index (χ0) is 13.2. The summed E-state index contributed by atoms with van der Waals surface area (Å²) in [7, 11) is 0. The van der Waals surface area contributed by atoms with Crippen molar-refractivity contribution in [2.45, 2.75) is 18.3 Å². The number of likely N-dealkylation sites (tertiary alicyclic amines) is 1. The molecule has 0 aliphatic carbocycles. The summed E-state index contributed by atoms with van der Waals surface area (Å²) in [6.07, 6.45) is -0.330. The van der Waals surface area contributed by atoms with Gasteiger partial charge in [0.1, 0.15) is 5.82 Å². The first-order valence-electron chi connectivity index (χ1n) is 5.73. The van der Waals surface area contributed by atoms with Gasteiger partial charge in [-0.05, 0) is 18.9 Å². The topological polar surface area (TPSA) is 64.3 Å². The van der Waals surface area contributed by atoms with E-state index in [0.717, 1.165) is 0 Å². The van der Waals surface area contributed by atoms with E-state index in [9.17, 15) is 14.4 Å². The second kappa shape index (κ2) is 4.65. The van der Waals surface area contributed by atoms with Crippen LogP contribution < -0.4 is 0 Å². The van der Waals surface area contributed by atoms with Gasteiger partial charge in [-0.2, -0.15) is 5.26 Å². The fourth-order valence-electron chi connectivity index (χ4n) is 2.37. The quantitative estimate of drug-likeness (QED) is 0.829. The lowest BCUT2D eigenvalue weighted by atomic mass is 9.74. The Bertz CT molecular complexity index is 502. The molecule has 0 spiro atoms. The van der Waals surface area contributed by atoms with Crippen molar-refractivity contribution in [1.29, 1.82) is 5.26 Å². The molecule has 1 aliphatic heterocycles. The van der Waals surface area contributed by atoms with Gasteiger partial charge in [0.25, 0.3) is 0 Å². The van der Waals surface area contributed by atoms with Gasteiger partial charge in [0.15, 0.2) is 0 Å². The van der Waals surface area contributed by atoms with Gasteiger partial charge in [-0.15, -0.1) is 0 Å². The number of nitrogens with zero attached hydrogens (tertiary/aromatic N) is 2. The van der Waals surface area contributed by atoms with E-state index in [2.05, 4.69) is 6.07 Å². The monoisotopic (exact) mass is 248 g/mol. The molecule has 5 heteroatoms. The van der Waals surface area contributed by atoms with E-state index >= 15 is 0 Å². The normalized spacial score (nSPS) is 18.1. The Morgan fingerprint density at radius 2 is 2.00 bits per heavy atom. The van der Waals surface area contributed by atoms with Gasteiger partial charge < -0.3 is 10.0 Å². The fraction of sp³-hybridized carbons (Fsp3) is 0.385. The van der Waals surface area contributed by atoms with Gasteiger partial charge in [-0.3, -0.25) is 0 Å². The molecular formula is C13H13FN2O2. The van der Waals surface area contributed by atoms with Crippen molar-refractivity contribution in [1.82, 2.24) is 4.90 Å². The van der Waals surface area contributed by atoms with Gasteiger partial charge in [0.2, 0.25) is 0 Å². The second-order valence-corrected chi connectivity index (χ2v) is 4.44. The van der Waals surface area contributed by atoms with Gasteiger partial charge in [0.05, 0.1) is 11.5 Å². The fourth-order valence-corrected chi connectivity index (χ4v) is 2.37. The zero-order valence-corrected chi connectivity index (χ0v) is 9.77. The van der Waals surface area contributed by atoms with E-state index in [-0.39, 0.29) is 13.1 Å². The van der Waals surface area contributed by atoms with Crippen molar-refractivity contribution in [3.8, 4) is 6.07 Å². The summed E-state index contributed by atoms with van der Waals surface area (Å²) in [5.74, 6) is -0.400. The van der Waals surface area contributed by atoms with Gasteiger partial charge in [-0.25, -0.2) is 9.18 Å². The molecule has 0 atom stereocenters. The summed E-state index contributed by atoms with van der Waals surface area (Å²) in [5.41, 5.74) is -0.533. The van der Waals surface area contributed by atoms with Crippen LogP contribution >= 0.6 is 0 Å². The smallest absolute Gasteiger partial charge is 0.407 e. The van der Waals surface area contributed by atoms with Crippen LogP contribution in [0.2, 0.25) is 0 Å². The molecule has 18 heavy (non-hydrogen) atoms. The average Bonchev–Trinajstić information content (AvgIpc) is 2.39. The maximum atomic E-state index is 13.8. The molecule has 0 bridgehead atoms. The minimum Gasteiger partial charge on any atom is -0.465 e. The van der Waals surface area contributed by atoms with Gasteiger partial charge >= 0.3 is 6.09 Å². The molecule has 1 aromatic carbocycles.